The zero-order valence-electron chi connectivity index (χ0n) is 28.5. The first-order valence-electron chi connectivity index (χ1n) is 15.0. The lowest BCUT2D eigenvalue weighted by Gasteiger charge is -2.36. The number of nitrogens with one attached hydrogen (secondary N) is 1. The molecule has 1 N–H and O–H groups in total. The molecule has 0 fully saturated rings. The van der Waals surface area contributed by atoms with E-state index in [4.69, 9.17) is 39.4 Å². The molecule has 0 saturated carbocycles. The first-order chi connectivity index (χ1) is 22.0. The Labute approximate surface area is 289 Å². The highest BCUT2D eigenvalue weighted by atomic mass is 35.5. The quantitative estimate of drug-likeness (QED) is 0.114. The second kappa shape index (κ2) is 17.0. The van der Waals surface area contributed by atoms with E-state index in [-0.39, 0.29) is 23.7 Å². The number of phosphoric ester groups is 1. The minimum Gasteiger partial charge on any atom is -0.444 e. The van der Waals surface area contributed by atoms with Gasteiger partial charge in [-0.05, 0) is 96.7 Å². The number of hydrogen-bond donors (Lipinski definition) is 1. The number of alkyl halides is 3. The standard InChI is InChI=1S/C32H44ClF3NO9PS/c1-10-16-31(20-43-47(40,41-8)42-9,37-27(38)45-29(2,3)4)17-15-21-11-13-23(19-24(21)33)48-26-18-22(32(34,35)36)12-14-25(26)44-28(39)46-30(5,6)7/h11-14,18-19H,10,15-17,20H2,1-9H3,(H,37,38)/t31-/m0/s1. The maximum absolute atomic E-state index is 13.6. The highest BCUT2D eigenvalue weighted by molar-refractivity contribution is 7.99. The molecule has 2 rings (SSSR count). The Morgan fingerprint density at radius 2 is 1.54 bits per heavy atom. The van der Waals surface area contributed by atoms with Gasteiger partial charge in [0, 0.05) is 24.1 Å². The summed E-state index contributed by atoms with van der Waals surface area (Å²) in [6.45, 7) is 11.7. The van der Waals surface area contributed by atoms with E-state index in [0.717, 1.165) is 30.0 Å². The van der Waals surface area contributed by atoms with Gasteiger partial charge in [0.2, 0.25) is 0 Å². The van der Waals surface area contributed by atoms with Crippen molar-refractivity contribution in [3.8, 4) is 5.75 Å². The van der Waals surface area contributed by atoms with Crippen LogP contribution in [0.15, 0.2) is 46.2 Å². The summed E-state index contributed by atoms with van der Waals surface area (Å²) in [7, 11) is -1.54. The zero-order valence-corrected chi connectivity index (χ0v) is 31.0. The fraction of sp³-hybridized carbons (Fsp3) is 0.562. The lowest BCUT2D eigenvalue weighted by molar-refractivity contribution is -0.137. The van der Waals surface area contributed by atoms with Gasteiger partial charge in [-0.15, -0.1) is 0 Å². The van der Waals surface area contributed by atoms with Crippen molar-refractivity contribution in [3.05, 3.63) is 52.5 Å². The predicted octanol–water partition coefficient (Wildman–Crippen LogP) is 10.2. The second-order valence-electron chi connectivity index (χ2n) is 12.8. The van der Waals surface area contributed by atoms with E-state index >= 15 is 0 Å². The summed E-state index contributed by atoms with van der Waals surface area (Å²) >= 11 is 7.58. The number of phosphoric acid groups is 1. The van der Waals surface area contributed by atoms with Crippen molar-refractivity contribution in [3.63, 3.8) is 0 Å². The highest BCUT2D eigenvalue weighted by Crippen LogP contribution is 2.49. The molecule has 0 aliphatic carbocycles. The van der Waals surface area contributed by atoms with Crippen LogP contribution in [-0.4, -0.2) is 49.8 Å². The number of benzene rings is 2. The van der Waals surface area contributed by atoms with Gasteiger partial charge in [0.25, 0.3) is 0 Å². The van der Waals surface area contributed by atoms with Crippen molar-refractivity contribution in [1.29, 1.82) is 0 Å². The molecule has 2 aromatic rings. The molecule has 16 heteroatoms. The van der Waals surface area contributed by atoms with Gasteiger partial charge in [-0.25, -0.2) is 14.2 Å². The lowest BCUT2D eigenvalue weighted by atomic mass is 9.87. The zero-order chi connectivity index (χ0) is 36.6. The SMILES string of the molecule is CCC[C@](CCc1ccc(Sc2cc(C(F)(F)F)ccc2OC(=O)OC(C)(C)C)cc1Cl)(COP(=O)(OC)OC)NC(=O)OC(C)(C)C. The monoisotopic (exact) mass is 741 g/mol. The molecule has 0 unspecified atom stereocenters. The topological polar surface area (TPSA) is 119 Å². The fourth-order valence-corrected chi connectivity index (χ4v) is 6.38. The third-order valence-corrected chi connectivity index (χ3v) is 9.14. The van der Waals surface area contributed by atoms with Crippen LogP contribution >= 0.6 is 31.2 Å². The number of hydrogen-bond acceptors (Lipinski definition) is 10. The molecule has 10 nitrogen and oxygen atoms in total. The van der Waals surface area contributed by atoms with Gasteiger partial charge in [0.15, 0.2) is 0 Å². The average Bonchev–Trinajstić information content (AvgIpc) is 2.94. The van der Waals surface area contributed by atoms with Crippen LogP contribution in [0.1, 0.15) is 78.9 Å². The van der Waals surface area contributed by atoms with Crippen molar-refractivity contribution in [2.45, 2.75) is 107 Å². The van der Waals surface area contributed by atoms with Crippen LogP contribution in [0.5, 0.6) is 5.75 Å². The molecule has 48 heavy (non-hydrogen) atoms. The molecule has 270 valence electrons. The largest absolute Gasteiger partial charge is 0.514 e. The van der Waals surface area contributed by atoms with Gasteiger partial charge in [-0.1, -0.05) is 42.8 Å². The minimum atomic E-state index is -4.64. The van der Waals surface area contributed by atoms with Crippen LogP contribution < -0.4 is 10.1 Å². The van der Waals surface area contributed by atoms with E-state index in [9.17, 15) is 27.3 Å². The number of aryl methyl sites for hydroxylation is 1. The molecule has 0 radical (unpaired) electrons. The van der Waals surface area contributed by atoms with Crippen molar-refractivity contribution in [2.24, 2.45) is 0 Å². The summed E-state index contributed by atoms with van der Waals surface area (Å²) in [5.41, 5.74) is -3.01. The fourth-order valence-electron chi connectivity index (χ4n) is 4.32. The Hall–Kier alpha value is -2.48. The summed E-state index contributed by atoms with van der Waals surface area (Å²) in [4.78, 5) is 25.7. The van der Waals surface area contributed by atoms with Crippen LogP contribution in [0.3, 0.4) is 0 Å². The molecule has 0 aliphatic heterocycles. The molecular weight excluding hydrogens is 698 g/mol. The molecule has 0 spiro atoms. The van der Waals surface area contributed by atoms with E-state index in [1.54, 1.807) is 59.7 Å². The molecule has 0 heterocycles. The van der Waals surface area contributed by atoms with E-state index in [0.29, 0.717) is 34.7 Å². The summed E-state index contributed by atoms with van der Waals surface area (Å²) in [5, 5.41) is 3.18. The predicted molar refractivity (Wildman–Crippen MR) is 177 cm³/mol. The number of halogens is 4. The van der Waals surface area contributed by atoms with E-state index in [2.05, 4.69) is 5.32 Å². The molecule has 0 aromatic heterocycles. The smallest absolute Gasteiger partial charge is 0.444 e. The third-order valence-electron chi connectivity index (χ3n) is 6.42. The summed E-state index contributed by atoms with van der Waals surface area (Å²) < 4.78 is 84.7. The van der Waals surface area contributed by atoms with Gasteiger partial charge in [0.05, 0.1) is 22.6 Å². The summed E-state index contributed by atoms with van der Waals surface area (Å²) in [6.07, 6.45) is -4.82. The average molecular weight is 742 g/mol. The molecule has 1 atom stereocenters. The normalized spacial score (nSPS) is 13.9. The van der Waals surface area contributed by atoms with Gasteiger partial charge in [-0.2, -0.15) is 13.2 Å². The number of ether oxygens (including phenoxy) is 3. The van der Waals surface area contributed by atoms with Crippen LogP contribution in [0, 0.1) is 0 Å². The van der Waals surface area contributed by atoms with Gasteiger partial charge in [0.1, 0.15) is 17.0 Å². The molecular formula is C32H44ClF3NO9PS. The Morgan fingerprint density at radius 3 is 2.06 bits per heavy atom. The highest BCUT2D eigenvalue weighted by Gasteiger charge is 2.37. The molecule has 1 amide bonds. The number of carbonyl (C=O) groups is 2. The first-order valence-corrected chi connectivity index (χ1v) is 17.6. The van der Waals surface area contributed by atoms with E-state index in [1.807, 2.05) is 6.92 Å². The Balaban J connectivity index is 2.39. The van der Waals surface area contributed by atoms with Gasteiger partial charge < -0.3 is 19.5 Å². The molecule has 2 aromatic carbocycles. The lowest BCUT2D eigenvalue weighted by Crippen LogP contribution is -2.53. The number of rotatable bonds is 14. The molecule has 0 aliphatic rings. The number of amides is 1. The van der Waals surface area contributed by atoms with Crippen LogP contribution in [0.25, 0.3) is 0 Å². The van der Waals surface area contributed by atoms with Crippen molar-refractivity contribution >= 4 is 43.4 Å². The summed E-state index contributed by atoms with van der Waals surface area (Å²) in [5.74, 6) is -0.121. The van der Waals surface area contributed by atoms with E-state index < -0.39 is 48.6 Å². The number of alkyl carbamates (subject to hydrolysis) is 1. The van der Waals surface area contributed by atoms with Crippen LogP contribution in [0.2, 0.25) is 5.02 Å². The maximum atomic E-state index is 13.6. The second-order valence-corrected chi connectivity index (χ2v) is 16.2. The first kappa shape index (κ1) is 41.7. The Kier molecular flexibility index (Phi) is 14.7. The number of carbonyl (C=O) groups excluding carboxylic acids is 2. The van der Waals surface area contributed by atoms with Crippen molar-refractivity contribution in [2.75, 3.05) is 20.8 Å². The minimum absolute atomic E-state index is 0.0147. The summed E-state index contributed by atoms with van der Waals surface area (Å²) in [6, 6.07) is 7.69. The van der Waals surface area contributed by atoms with Crippen molar-refractivity contribution < 1.29 is 55.1 Å². The third kappa shape index (κ3) is 13.8. The maximum Gasteiger partial charge on any atom is 0.514 e. The van der Waals surface area contributed by atoms with Crippen LogP contribution in [-0.2, 0) is 40.2 Å². The van der Waals surface area contributed by atoms with Crippen LogP contribution in [0.4, 0.5) is 22.8 Å². The van der Waals surface area contributed by atoms with Crippen molar-refractivity contribution in [1.82, 2.24) is 5.32 Å². The molecule has 0 bridgehead atoms. The van der Waals surface area contributed by atoms with Gasteiger partial charge >= 0.3 is 26.2 Å². The Morgan fingerprint density at radius 1 is 0.917 bits per heavy atom. The van der Waals surface area contributed by atoms with E-state index in [1.165, 1.54) is 14.2 Å². The van der Waals surface area contributed by atoms with Gasteiger partial charge in [-0.3, -0.25) is 13.6 Å². The Bertz CT molecular complexity index is 1460. The molecule has 0 saturated heterocycles.